The fourth-order valence-corrected chi connectivity index (χ4v) is 3.98. The second kappa shape index (κ2) is 5.58. The molecule has 2 rings (SSSR count). The standard InChI is InChI=1S/C17H27N3O/c1-16(2)9-14(10-17(3,4)11-16)19-12-5-7-13(8-6-12)20-15(18)21/h5-8,14,19H,9-11H2,1-4H3,(H3,18,20,21). The van der Waals surface area contributed by atoms with Crippen LogP contribution in [0.1, 0.15) is 47.0 Å². The first-order valence-corrected chi connectivity index (χ1v) is 7.58. The van der Waals surface area contributed by atoms with E-state index in [4.69, 9.17) is 5.73 Å². The van der Waals surface area contributed by atoms with Crippen LogP contribution < -0.4 is 16.4 Å². The number of nitrogens with two attached hydrogens (primary N) is 1. The van der Waals surface area contributed by atoms with Crippen molar-refractivity contribution in [3.63, 3.8) is 0 Å². The molecule has 116 valence electrons. The summed E-state index contributed by atoms with van der Waals surface area (Å²) in [7, 11) is 0. The maximum absolute atomic E-state index is 10.8. The Morgan fingerprint density at radius 1 is 1.05 bits per heavy atom. The first-order chi connectivity index (χ1) is 9.65. The van der Waals surface area contributed by atoms with Crippen LogP contribution in [0.4, 0.5) is 16.2 Å². The molecule has 1 aliphatic rings. The highest BCUT2D eigenvalue weighted by molar-refractivity contribution is 5.87. The number of urea groups is 1. The van der Waals surface area contributed by atoms with E-state index in [9.17, 15) is 4.79 Å². The van der Waals surface area contributed by atoms with E-state index in [-0.39, 0.29) is 0 Å². The van der Waals surface area contributed by atoms with Gasteiger partial charge in [-0.25, -0.2) is 4.79 Å². The molecule has 0 bridgehead atoms. The Hall–Kier alpha value is -1.71. The van der Waals surface area contributed by atoms with Crippen molar-refractivity contribution in [2.45, 2.75) is 53.0 Å². The van der Waals surface area contributed by atoms with Crippen molar-refractivity contribution in [3.05, 3.63) is 24.3 Å². The van der Waals surface area contributed by atoms with Gasteiger partial charge in [0.25, 0.3) is 0 Å². The number of primary amides is 1. The van der Waals surface area contributed by atoms with Gasteiger partial charge in [0, 0.05) is 17.4 Å². The van der Waals surface area contributed by atoms with Crippen LogP contribution in [0.5, 0.6) is 0 Å². The van der Waals surface area contributed by atoms with Crippen LogP contribution in [0.3, 0.4) is 0 Å². The molecule has 1 aliphatic carbocycles. The zero-order valence-electron chi connectivity index (χ0n) is 13.5. The van der Waals surface area contributed by atoms with Gasteiger partial charge in [-0.1, -0.05) is 27.7 Å². The maximum atomic E-state index is 10.8. The zero-order valence-corrected chi connectivity index (χ0v) is 13.5. The van der Waals surface area contributed by atoms with E-state index >= 15 is 0 Å². The van der Waals surface area contributed by atoms with E-state index in [2.05, 4.69) is 38.3 Å². The third-order valence-corrected chi connectivity index (χ3v) is 4.08. The molecule has 1 saturated carbocycles. The summed E-state index contributed by atoms with van der Waals surface area (Å²) in [5.41, 5.74) is 7.65. The number of amides is 2. The van der Waals surface area contributed by atoms with Crippen LogP contribution in [0.2, 0.25) is 0 Å². The SMILES string of the molecule is CC1(C)CC(Nc2ccc(NC(N)=O)cc2)CC(C)(C)C1. The molecule has 0 atom stereocenters. The van der Waals surface area contributed by atoms with Crippen molar-refractivity contribution in [1.82, 2.24) is 0 Å². The van der Waals surface area contributed by atoms with Gasteiger partial charge in [-0.05, 0) is 54.4 Å². The fraction of sp³-hybridized carbons (Fsp3) is 0.588. The Bertz CT molecular complexity index is 489. The van der Waals surface area contributed by atoms with Crippen LogP contribution in [0, 0.1) is 10.8 Å². The Morgan fingerprint density at radius 2 is 1.52 bits per heavy atom. The number of nitrogens with one attached hydrogen (secondary N) is 2. The number of anilines is 2. The number of carbonyl (C=O) groups excluding carboxylic acids is 1. The van der Waals surface area contributed by atoms with Crippen molar-refractivity contribution in [2.24, 2.45) is 16.6 Å². The molecule has 4 N–H and O–H groups in total. The predicted octanol–water partition coefficient (Wildman–Crippen LogP) is 4.19. The topological polar surface area (TPSA) is 67.2 Å². The fourth-order valence-electron chi connectivity index (χ4n) is 3.98. The molecule has 0 aliphatic heterocycles. The average molecular weight is 289 g/mol. The van der Waals surface area contributed by atoms with Gasteiger partial charge in [-0.2, -0.15) is 0 Å². The molecule has 1 aromatic rings. The molecule has 0 unspecified atom stereocenters. The lowest BCUT2D eigenvalue weighted by Crippen LogP contribution is -2.40. The first kappa shape index (κ1) is 15.7. The summed E-state index contributed by atoms with van der Waals surface area (Å²) in [6.07, 6.45) is 3.62. The predicted molar refractivity (Wildman–Crippen MR) is 88.5 cm³/mol. The van der Waals surface area contributed by atoms with Crippen LogP contribution >= 0.6 is 0 Å². The maximum Gasteiger partial charge on any atom is 0.316 e. The molecular formula is C17H27N3O. The molecule has 0 saturated heterocycles. The summed E-state index contributed by atoms with van der Waals surface area (Å²) in [4.78, 5) is 10.8. The van der Waals surface area contributed by atoms with Gasteiger partial charge < -0.3 is 16.4 Å². The molecule has 0 radical (unpaired) electrons. The van der Waals surface area contributed by atoms with Gasteiger partial charge in [-0.3, -0.25) is 0 Å². The molecule has 1 aromatic carbocycles. The van der Waals surface area contributed by atoms with Crippen molar-refractivity contribution in [3.8, 4) is 0 Å². The van der Waals surface area contributed by atoms with Crippen molar-refractivity contribution >= 4 is 17.4 Å². The van der Waals surface area contributed by atoms with Crippen LogP contribution in [-0.4, -0.2) is 12.1 Å². The van der Waals surface area contributed by atoms with E-state index in [1.165, 1.54) is 19.3 Å². The quantitative estimate of drug-likeness (QED) is 0.781. The number of hydrogen-bond donors (Lipinski definition) is 3. The summed E-state index contributed by atoms with van der Waals surface area (Å²) in [6.45, 7) is 9.40. The molecular weight excluding hydrogens is 262 g/mol. The van der Waals surface area contributed by atoms with Crippen LogP contribution in [-0.2, 0) is 0 Å². The molecule has 1 fully saturated rings. The normalized spacial score (nSPS) is 20.8. The molecule has 0 heterocycles. The zero-order chi connectivity index (χ0) is 15.7. The third kappa shape index (κ3) is 4.66. The lowest BCUT2D eigenvalue weighted by molar-refractivity contribution is 0.105. The minimum absolute atomic E-state index is 0.368. The number of rotatable bonds is 3. The number of hydrogen-bond acceptors (Lipinski definition) is 2. The minimum Gasteiger partial charge on any atom is -0.382 e. The summed E-state index contributed by atoms with van der Waals surface area (Å²) in [5, 5.41) is 6.20. The van der Waals surface area contributed by atoms with E-state index in [1.54, 1.807) is 0 Å². The van der Waals surface area contributed by atoms with E-state index in [1.807, 2.05) is 24.3 Å². The van der Waals surface area contributed by atoms with E-state index < -0.39 is 6.03 Å². The average Bonchev–Trinajstić information content (AvgIpc) is 2.26. The van der Waals surface area contributed by atoms with Crippen molar-refractivity contribution < 1.29 is 4.79 Å². The van der Waals surface area contributed by atoms with Gasteiger partial charge in [0.05, 0.1) is 0 Å². The smallest absolute Gasteiger partial charge is 0.316 e. The molecule has 4 heteroatoms. The Kier molecular flexibility index (Phi) is 4.17. The van der Waals surface area contributed by atoms with Crippen molar-refractivity contribution in [1.29, 1.82) is 0 Å². The molecule has 4 nitrogen and oxygen atoms in total. The van der Waals surface area contributed by atoms with E-state index in [0.717, 1.165) is 11.4 Å². The molecule has 0 spiro atoms. The van der Waals surface area contributed by atoms with Crippen LogP contribution in [0.25, 0.3) is 0 Å². The second-order valence-corrected chi connectivity index (χ2v) is 7.82. The summed E-state index contributed by atoms with van der Waals surface area (Å²) < 4.78 is 0. The lowest BCUT2D eigenvalue weighted by Gasteiger charge is -2.45. The van der Waals surface area contributed by atoms with Gasteiger partial charge in [-0.15, -0.1) is 0 Å². The number of benzene rings is 1. The summed E-state index contributed by atoms with van der Waals surface area (Å²) >= 11 is 0. The Morgan fingerprint density at radius 3 is 2.00 bits per heavy atom. The monoisotopic (exact) mass is 289 g/mol. The first-order valence-electron chi connectivity index (χ1n) is 7.58. The minimum atomic E-state index is -0.536. The third-order valence-electron chi connectivity index (χ3n) is 4.08. The van der Waals surface area contributed by atoms with Gasteiger partial charge in [0.15, 0.2) is 0 Å². The molecule has 0 aromatic heterocycles. The Labute approximate surface area is 127 Å². The Balaban J connectivity index is 2.02. The van der Waals surface area contributed by atoms with Crippen molar-refractivity contribution in [2.75, 3.05) is 10.6 Å². The van der Waals surface area contributed by atoms with E-state index in [0.29, 0.717) is 16.9 Å². The van der Waals surface area contributed by atoms with Gasteiger partial charge in [0.2, 0.25) is 0 Å². The van der Waals surface area contributed by atoms with Crippen LogP contribution in [0.15, 0.2) is 24.3 Å². The molecule has 2 amide bonds. The lowest BCUT2D eigenvalue weighted by atomic mass is 9.63. The highest BCUT2D eigenvalue weighted by Crippen LogP contribution is 2.46. The highest BCUT2D eigenvalue weighted by atomic mass is 16.2. The molecule has 21 heavy (non-hydrogen) atoms. The second-order valence-electron chi connectivity index (χ2n) is 7.82. The van der Waals surface area contributed by atoms with Gasteiger partial charge in [0.1, 0.15) is 0 Å². The number of carbonyl (C=O) groups is 1. The highest BCUT2D eigenvalue weighted by Gasteiger charge is 2.38. The summed E-state index contributed by atoms with van der Waals surface area (Å²) in [5.74, 6) is 0. The summed E-state index contributed by atoms with van der Waals surface area (Å²) in [6, 6.07) is 7.66. The van der Waals surface area contributed by atoms with Gasteiger partial charge >= 0.3 is 6.03 Å². The largest absolute Gasteiger partial charge is 0.382 e.